The van der Waals surface area contributed by atoms with Crippen LogP contribution < -0.4 is 25.4 Å². The Kier molecular flexibility index (Phi) is 27.4. The Labute approximate surface area is 555 Å². The third-order valence-corrected chi connectivity index (χ3v) is 18.2. The Balaban J connectivity index is 1.03. The van der Waals surface area contributed by atoms with Gasteiger partial charge < -0.3 is 40.3 Å². The van der Waals surface area contributed by atoms with E-state index in [1.807, 2.05) is 14.7 Å². The molecule has 524 valence electrons. The van der Waals surface area contributed by atoms with Gasteiger partial charge in [-0.1, -0.05) is 24.3 Å². The summed E-state index contributed by atoms with van der Waals surface area (Å²) in [6.45, 7) is 17.7. The van der Waals surface area contributed by atoms with Gasteiger partial charge in [0.05, 0.1) is 53.4 Å². The minimum Gasteiger partial charge on any atom is -0.480 e. The lowest BCUT2D eigenvalue weighted by atomic mass is 10.1. The van der Waals surface area contributed by atoms with E-state index in [-0.39, 0.29) is 87.1 Å². The Morgan fingerprint density at radius 2 is 1.12 bits per heavy atom. The summed E-state index contributed by atoms with van der Waals surface area (Å²) < 4.78 is 112. The Bertz CT molecular complexity index is 3690. The second-order valence-electron chi connectivity index (χ2n) is 26.0. The summed E-state index contributed by atoms with van der Waals surface area (Å²) in [4.78, 5) is 92.8. The molecular weight excluding hydrogens is 1290 g/mol. The molecule has 3 heterocycles. The van der Waals surface area contributed by atoms with Crippen molar-refractivity contribution in [2.45, 2.75) is 127 Å². The molecule has 0 radical (unpaired) electrons. The fourth-order valence-corrected chi connectivity index (χ4v) is 13.1. The second kappa shape index (κ2) is 34.0. The van der Waals surface area contributed by atoms with E-state index in [0.717, 1.165) is 11.9 Å². The quantitative estimate of drug-likeness (QED) is 0.0142. The monoisotopic (exact) mass is 1390 g/mol. The second-order valence-corrected chi connectivity index (χ2v) is 31.0. The highest BCUT2D eigenvalue weighted by Crippen LogP contribution is 2.24. The van der Waals surface area contributed by atoms with Gasteiger partial charge >= 0.3 is 23.9 Å². The number of aromatic nitrogens is 4. The smallest absolute Gasteiger partial charge is 0.323 e. The molecule has 1 fully saturated rings. The Hall–Kier alpha value is -7.47. The predicted octanol–water partition coefficient (Wildman–Crippen LogP) is 2.77. The van der Waals surface area contributed by atoms with Gasteiger partial charge in [-0.3, -0.25) is 57.6 Å². The highest BCUT2D eigenvalue weighted by Gasteiger charge is 2.30. The van der Waals surface area contributed by atoms with Crippen molar-refractivity contribution in [1.29, 1.82) is 0 Å². The summed E-state index contributed by atoms with van der Waals surface area (Å²) in [5.41, 5.74) is -0.336. The van der Waals surface area contributed by atoms with Crippen molar-refractivity contribution < 1.29 is 77.9 Å². The van der Waals surface area contributed by atoms with E-state index in [9.17, 15) is 63.7 Å². The number of carbonyl (C=O) groups excluding carboxylic acids is 5. The van der Waals surface area contributed by atoms with Crippen LogP contribution in [0.1, 0.15) is 91.9 Å². The number of sulfonamides is 2. The summed E-state index contributed by atoms with van der Waals surface area (Å²) >= 11 is 0. The van der Waals surface area contributed by atoms with E-state index >= 15 is 0 Å². The molecule has 95 heavy (non-hydrogen) atoms. The number of aliphatic carboxylic acids is 1. The zero-order valence-electron chi connectivity index (χ0n) is 55.3. The highest BCUT2D eigenvalue weighted by atomic mass is 32.2. The molecule has 1 aliphatic heterocycles. The lowest BCUT2D eigenvalue weighted by Gasteiger charge is -2.34. The Morgan fingerprint density at radius 3 is 1.57 bits per heavy atom. The van der Waals surface area contributed by atoms with Crippen molar-refractivity contribution >= 4 is 82.7 Å². The molecule has 1 aliphatic rings. The fraction of sp³-hybridized carbons (Fsp3) is 0.548. The van der Waals surface area contributed by atoms with Gasteiger partial charge in [-0.15, -0.1) is 0 Å². The van der Waals surface area contributed by atoms with E-state index in [1.54, 1.807) is 109 Å². The number of aryl methyl sites for hydroxylation is 1. The zero-order chi connectivity index (χ0) is 69.9. The molecule has 2 atom stereocenters. The standard InChI is InChI=1S/C62H91N13O17S3/c1-60(2,3)90-54(77)40-72-30-28-71(29-31-73(41-55(78)91-61(4,5)6)33-35-74(34-32-72)42-56(79)92-62(7,8)9)39-53(76)69-48(43-93(83,84)85)12-10-24-68-94(86,87)49-18-13-44(14-19-49)45-15-20-50(21-16-45)95(88,89)70-51(58(81)82)38-66-57(80)46-17-22-52-47(36-46)37-67-75(52)27-11-23-63-59-64-25-26-65-59/h13-22,25-26,36-37,48,51,68,70H,10-12,23-24,27-35,38-43H2,1-9H3,(H,66,80)(H,69,76)(H,81,82)(H2,63,64,65)(H,83,84,85)/t48-,51+/m1/s1. The molecule has 6 rings (SSSR count). The predicted molar refractivity (Wildman–Crippen MR) is 353 cm³/mol. The minimum atomic E-state index is -4.66. The summed E-state index contributed by atoms with van der Waals surface area (Å²) in [6.07, 6.45) is 5.61. The summed E-state index contributed by atoms with van der Waals surface area (Å²) in [6, 6.07) is 12.9. The van der Waals surface area contributed by atoms with Gasteiger partial charge in [0.25, 0.3) is 16.0 Å². The van der Waals surface area contributed by atoms with Crippen molar-refractivity contribution in [3.63, 3.8) is 0 Å². The first-order chi connectivity index (χ1) is 44.4. The lowest BCUT2D eigenvalue weighted by Crippen LogP contribution is -2.51. The molecule has 30 nitrogen and oxygen atoms in total. The first-order valence-corrected chi connectivity index (χ1v) is 35.7. The minimum absolute atomic E-state index is 0.0101. The number of esters is 3. The molecule has 1 saturated heterocycles. The van der Waals surface area contributed by atoms with Crippen molar-refractivity contribution in [3.05, 3.63) is 90.9 Å². The maximum absolute atomic E-state index is 13.9. The first-order valence-electron chi connectivity index (χ1n) is 31.1. The van der Waals surface area contributed by atoms with Crippen LogP contribution in [-0.4, -0.2) is 243 Å². The van der Waals surface area contributed by atoms with Crippen LogP contribution >= 0.6 is 0 Å². The van der Waals surface area contributed by atoms with Gasteiger partial charge in [0.2, 0.25) is 26.0 Å². The average Bonchev–Trinajstić information content (AvgIpc) is 1.78. The lowest BCUT2D eigenvalue weighted by molar-refractivity contribution is -0.158. The molecule has 0 unspecified atom stereocenters. The number of nitrogens with zero attached hydrogens (tertiary/aromatic N) is 7. The third kappa shape index (κ3) is 27.3. The van der Waals surface area contributed by atoms with Crippen LogP contribution in [0.5, 0.6) is 0 Å². The van der Waals surface area contributed by atoms with Crippen molar-refractivity contribution in [3.8, 4) is 11.1 Å². The van der Waals surface area contributed by atoms with Crippen LogP contribution in [0, 0.1) is 0 Å². The van der Waals surface area contributed by atoms with E-state index < -0.39 is 107 Å². The molecule has 2 amide bonds. The number of benzene rings is 3. The molecule has 8 N–H and O–H groups in total. The number of aromatic amines is 1. The molecule has 5 aromatic rings. The number of rotatable bonds is 30. The van der Waals surface area contributed by atoms with Gasteiger partial charge in [-0.25, -0.2) is 26.5 Å². The van der Waals surface area contributed by atoms with E-state index in [2.05, 4.69) is 40.5 Å². The number of fused-ring (bicyclic) bond motifs is 1. The number of imidazole rings is 1. The van der Waals surface area contributed by atoms with Crippen LogP contribution in [0.3, 0.4) is 0 Å². The molecule has 0 spiro atoms. The summed E-state index contributed by atoms with van der Waals surface area (Å²) in [5.74, 6) is -4.46. The number of anilines is 1. The van der Waals surface area contributed by atoms with E-state index in [0.29, 0.717) is 61.7 Å². The maximum atomic E-state index is 13.9. The largest absolute Gasteiger partial charge is 0.480 e. The number of hydrogen-bond donors (Lipinski definition) is 8. The number of ether oxygens (including phenoxy) is 3. The van der Waals surface area contributed by atoms with Crippen LogP contribution in [0.4, 0.5) is 5.95 Å². The molecule has 2 aromatic heterocycles. The summed E-state index contributed by atoms with van der Waals surface area (Å²) in [5, 5.41) is 23.4. The third-order valence-electron chi connectivity index (χ3n) is 14.4. The van der Waals surface area contributed by atoms with Gasteiger partial charge in [0.1, 0.15) is 22.8 Å². The molecule has 0 aliphatic carbocycles. The number of carboxylic acids is 1. The van der Waals surface area contributed by atoms with Crippen LogP contribution in [0.2, 0.25) is 0 Å². The van der Waals surface area contributed by atoms with E-state index in [1.165, 1.54) is 48.5 Å². The normalized spacial score (nSPS) is 15.6. The molecule has 0 saturated carbocycles. The van der Waals surface area contributed by atoms with Crippen molar-refractivity contribution in [2.75, 3.05) is 109 Å². The number of nitrogens with one attached hydrogen (secondary N) is 6. The topological polar surface area (TPSA) is 393 Å². The van der Waals surface area contributed by atoms with Crippen LogP contribution in [-0.2, 0) is 74.9 Å². The number of carbonyl (C=O) groups is 6. The van der Waals surface area contributed by atoms with Crippen molar-refractivity contribution in [1.82, 2.24) is 59.4 Å². The van der Waals surface area contributed by atoms with Gasteiger partial charge in [-0.2, -0.15) is 18.2 Å². The molecule has 33 heteroatoms. The van der Waals surface area contributed by atoms with Gasteiger partial charge in [0, 0.05) is 108 Å². The van der Waals surface area contributed by atoms with Gasteiger partial charge in [-0.05, 0) is 135 Å². The van der Waals surface area contributed by atoms with Crippen LogP contribution in [0.25, 0.3) is 22.0 Å². The fourth-order valence-electron chi connectivity index (χ4n) is 10.0. The van der Waals surface area contributed by atoms with Gasteiger partial charge in [0.15, 0.2) is 5.95 Å². The average molecular weight is 1390 g/mol. The molecule has 0 bridgehead atoms. The number of hydrogen-bond acceptors (Lipinski definition) is 22. The molecular formula is C62H91N13O17S3. The SMILES string of the molecule is CC(C)(C)OC(=O)CN1CCN(CC(=O)N[C@H](CCCNS(=O)(=O)c2ccc(-c3ccc(S(=O)(=O)N[C@@H](CNC(=O)c4ccc5c(cnn5CCCNc5ncc[nH]5)c4)C(=O)O)cc3)cc2)CS(=O)(=O)O)CCN(CC(=O)OC(C)(C)C)CCN(CC(=O)OC(C)(C)C)CC1. The summed E-state index contributed by atoms with van der Waals surface area (Å²) in [7, 11) is -13.3. The first kappa shape index (κ1) is 76.5. The number of amides is 2. The zero-order valence-corrected chi connectivity index (χ0v) is 57.7. The Morgan fingerprint density at radius 1 is 0.632 bits per heavy atom. The number of carboxylic acid groups (broad SMARTS) is 1. The highest BCUT2D eigenvalue weighted by molar-refractivity contribution is 7.89. The van der Waals surface area contributed by atoms with E-state index in [4.69, 9.17) is 14.2 Å². The van der Waals surface area contributed by atoms with Crippen LogP contribution in [0.15, 0.2) is 95.1 Å². The maximum Gasteiger partial charge on any atom is 0.323 e. The molecule has 3 aromatic carbocycles. The number of H-pyrrole nitrogens is 1. The van der Waals surface area contributed by atoms with Crippen molar-refractivity contribution in [2.24, 2.45) is 0 Å².